The summed E-state index contributed by atoms with van der Waals surface area (Å²) in [4.78, 5) is 5.27. The van der Waals surface area contributed by atoms with Crippen LogP contribution in [0.2, 0.25) is 0 Å². The minimum Gasteiger partial charge on any atom is -0.508 e. The Labute approximate surface area is 107 Å². The Morgan fingerprint density at radius 3 is 2.88 bits per heavy atom. The Morgan fingerprint density at radius 2 is 2.12 bits per heavy atom. The monoisotopic (exact) mass is 295 g/mol. The third kappa shape index (κ3) is 2.57. The summed E-state index contributed by atoms with van der Waals surface area (Å²) >= 11 is 5.03. The Bertz CT molecular complexity index is 516. The normalized spacial score (nSPS) is 10.4. The smallest absolute Gasteiger partial charge is 0.116 e. The number of aromatic hydroxyl groups is 1. The minimum absolute atomic E-state index is 0.272. The molecule has 0 amide bonds. The third-order valence-electron chi connectivity index (χ3n) is 2.08. The van der Waals surface area contributed by atoms with Crippen LogP contribution in [0.3, 0.4) is 0 Å². The van der Waals surface area contributed by atoms with E-state index in [-0.39, 0.29) is 5.75 Å². The molecule has 0 atom stereocenters. The predicted molar refractivity (Wildman–Crippen MR) is 68.9 cm³/mol. The fraction of sp³-hybridized carbons (Fsp3) is 0.0833. The van der Waals surface area contributed by atoms with Crippen LogP contribution in [-0.2, 0) is 0 Å². The maximum Gasteiger partial charge on any atom is 0.116 e. The molecule has 0 spiro atoms. The highest BCUT2D eigenvalue weighted by Crippen LogP contribution is 2.34. The lowest BCUT2D eigenvalue weighted by atomic mass is 10.3. The van der Waals surface area contributed by atoms with Gasteiger partial charge in [-0.25, -0.2) is 4.98 Å². The Morgan fingerprint density at radius 1 is 1.31 bits per heavy atom. The zero-order chi connectivity index (χ0) is 11.5. The van der Waals surface area contributed by atoms with Crippen molar-refractivity contribution in [2.75, 3.05) is 0 Å². The number of aryl methyl sites for hydroxylation is 1. The first-order valence-electron chi connectivity index (χ1n) is 4.75. The van der Waals surface area contributed by atoms with E-state index in [4.69, 9.17) is 0 Å². The number of phenols is 1. The highest BCUT2D eigenvalue weighted by atomic mass is 79.9. The molecule has 1 aromatic heterocycles. The first kappa shape index (κ1) is 11.5. The minimum atomic E-state index is 0.272. The molecule has 2 nitrogen and oxygen atoms in total. The van der Waals surface area contributed by atoms with Crippen molar-refractivity contribution in [3.8, 4) is 5.75 Å². The van der Waals surface area contributed by atoms with Crippen LogP contribution in [0.1, 0.15) is 5.56 Å². The molecule has 1 heterocycles. The van der Waals surface area contributed by atoms with E-state index >= 15 is 0 Å². The van der Waals surface area contributed by atoms with Crippen molar-refractivity contribution in [2.45, 2.75) is 16.8 Å². The first-order valence-corrected chi connectivity index (χ1v) is 6.36. The summed E-state index contributed by atoms with van der Waals surface area (Å²) in [7, 11) is 0. The Hall–Kier alpha value is -1.00. The molecule has 4 heteroatoms. The van der Waals surface area contributed by atoms with Gasteiger partial charge in [-0.05, 0) is 52.7 Å². The Balaban J connectivity index is 2.31. The van der Waals surface area contributed by atoms with Crippen molar-refractivity contribution < 1.29 is 5.11 Å². The largest absolute Gasteiger partial charge is 0.508 e. The van der Waals surface area contributed by atoms with Gasteiger partial charge in [0.05, 0.1) is 4.47 Å². The van der Waals surface area contributed by atoms with Gasteiger partial charge in [0.25, 0.3) is 0 Å². The molecule has 1 aromatic carbocycles. The van der Waals surface area contributed by atoms with Gasteiger partial charge >= 0.3 is 0 Å². The van der Waals surface area contributed by atoms with E-state index in [2.05, 4.69) is 20.9 Å². The van der Waals surface area contributed by atoms with Crippen LogP contribution in [0.5, 0.6) is 5.75 Å². The number of pyridine rings is 1. The van der Waals surface area contributed by atoms with Crippen LogP contribution in [-0.4, -0.2) is 10.1 Å². The molecule has 0 aliphatic rings. The summed E-state index contributed by atoms with van der Waals surface area (Å²) < 4.78 is 1.00. The molecule has 82 valence electrons. The molecule has 1 N–H and O–H groups in total. The van der Waals surface area contributed by atoms with Crippen molar-refractivity contribution >= 4 is 27.7 Å². The number of nitrogens with zero attached hydrogens (tertiary/aromatic N) is 1. The highest BCUT2D eigenvalue weighted by Gasteiger charge is 2.06. The van der Waals surface area contributed by atoms with E-state index < -0.39 is 0 Å². The average molecular weight is 296 g/mol. The molecule has 0 fully saturated rings. The number of hydrogen-bond donors (Lipinski definition) is 1. The fourth-order valence-electron chi connectivity index (χ4n) is 1.25. The van der Waals surface area contributed by atoms with Crippen LogP contribution in [0.25, 0.3) is 0 Å². The van der Waals surface area contributed by atoms with Gasteiger partial charge in [0.2, 0.25) is 0 Å². The third-order valence-corrected chi connectivity index (χ3v) is 4.34. The Kier molecular flexibility index (Phi) is 3.51. The summed E-state index contributed by atoms with van der Waals surface area (Å²) in [6.45, 7) is 2.03. The van der Waals surface area contributed by atoms with E-state index in [9.17, 15) is 5.11 Å². The number of halogens is 1. The molecular formula is C12H10BrNOS. The lowest BCUT2D eigenvalue weighted by molar-refractivity contribution is 0.474. The molecular weight excluding hydrogens is 286 g/mol. The standard InChI is InChI=1S/C12H10BrNOS/c1-8-5-6-14-12(11(8)13)16-10-4-2-3-9(15)7-10/h2-7,15H,1H3. The van der Waals surface area contributed by atoms with Crippen molar-refractivity contribution in [3.05, 3.63) is 46.6 Å². The summed E-state index contributed by atoms with van der Waals surface area (Å²) in [5, 5.41) is 10.3. The average Bonchev–Trinajstić information content (AvgIpc) is 2.25. The number of benzene rings is 1. The first-order chi connectivity index (χ1) is 7.66. The van der Waals surface area contributed by atoms with Gasteiger partial charge in [0.1, 0.15) is 10.8 Å². The molecule has 0 bridgehead atoms. The van der Waals surface area contributed by atoms with Gasteiger partial charge in [-0.3, -0.25) is 0 Å². The van der Waals surface area contributed by atoms with Gasteiger partial charge in [0, 0.05) is 11.1 Å². The molecule has 0 aliphatic heterocycles. The van der Waals surface area contributed by atoms with Crippen LogP contribution >= 0.6 is 27.7 Å². The molecule has 2 aromatic rings. The van der Waals surface area contributed by atoms with Crippen molar-refractivity contribution in [3.63, 3.8) is 0 Å². The second-order valence-electron chi connectivity index (χ2n) is 3.35. The maximum absolute atomic E-state index is 9.37. The summed E-state index contributed by atoms with van der Waals surface area (Å²) in [6.07, 6.45) is 1.78. The number of phenolic OH excluding ortho intramolecular Hbond substituents is 1. The molecule has 0 saturated carbocycles. The highest BCUT2D eigenvalue weighted by molar-refractivity contribution is 9.10. The van der Waals surface area contributed by atoms with E-state index in [1.165, 1.54) is 11.8 Å². The lowest BCUT2D eigenvalue weighted by Crippen LogP contribution is -1.84. The number of rotatable bonds is 2. The van der Waals surface area contributed by atoms with Crippen LogP contribution in [0, 0.1) is 6.92 Å². The molecule has 2 rings (SSSR count). The van der Waals surface area contributed by atoms with Gasteiger partial charge in [0.15, 0.2) is 0 Å². The second-order valence-corrected chi connectivity index (χ2v) is 5.20. The summed E-state index contributed by atoms with van der Waals surface area (Å²) in [5.74, 6) is 0.272. The van der Waals surface area contributed by atoms with Crippen LogP contribution < -0.4 is 0 Å². The summed E-state index contributed by atoms with van der Waals surface area (Å²) in [6, 6.07) is 9.10. The molecule has 0 unspecified atom stereocenters. The summed E-state index contributed by atoms with van der Waals surface area (Å²) in [5.41, 5.74) is 1.15. The number of aromatic nitrogens is 1. The predicted octanol–water partition coefficient (Wildman–Crippen LogP) is 4.01. The second kappa shape index (κ2) is 4.89. The SMILES string of the molecule is Cc1ccnc(Sc2cccc(O)c2)c1Br. The van der Waals surface area contributed by atoms with Gasteiger partial charge < -0.3 is 5.11 Å². The van der Waals surface area contributed by atoms with Gasteiger partial charge in [-0.15, -0.1) is 0 Å². The topological polar surface area (TPSA) is 33.1 Å². The molecule has 0 radical (unpaired) electrons. The van der Waals surface area contributed by atoms with Gasteiger partial charge in [-0.1, -0.05) is 17.8 Å². The van der Waals surface area contributed by atoms with Crippen molar-refractivity contribution in [2.24, 2.45) is 0 Å². The van der Waals surface area contributed by atoms with E-state index in [0.717, 1.165) is 20.0 Å². The molecule has 0 aliphatic carbocycles. The maximum atomic E-state index is 9.37. The molecule has 16 heavy (non-hydrogen) atoms. The van der Waals surface area contributed by atoms with Crippen molar-refractivity contribution in [1.29, 1.82) is 0 Å². The van der Waals surface area contributed by atoms with Crippen molar-refractivity contribution in [1.82, 2.24) is 4.98 Å². The lowest BCUT2D eigenvalue weighted by Gasteiger charge is -2.05. The number of hydrogen-bond acceptors (Lipinski definition) is 3. The van der Waals surface area contributed by atoms with Gasteiger partial charge in [-0.2, -0.15) is 0 Å². The molecule has 0 saturated heterocycles. The van der Waals surface area contributed by atoms with Crippen LogP contribution in [0.4, 0.5) is 0 Å². The van der Waals surface area contributed by atoms with E-state index in [1.54, 1.807) is 18.3 Å². The zero-order valence-electron chi connectivity index (χ0n) is 8.64. The fourth-order valence-corrected chi connectivity index (χ4v) is 2.64. The van der Waals surface area contributed by atoms with Crippen LogP contribution in [0.15, 0.2) is 50.9 Å². The quantitative estimate of drug-likeness (QED) is 0.909. The zero-order valence-corrected chi connectivity index (χ0v) is 11.0. The van der Waals surface area contributed by atoms with E-state index in [0.29, 0.717) is 0 Å². The van der Waals surface area contributed by atoms with E-state index in [1.807, 2.05) is 25.1 Å².